The van der Waals surface area contributed by atoms with Crippen molar-refractivity contribution in [3.8, 4) is 0 Å². The van der Waals surface area contributed by atoms with Crippen molar-refractivity contribution in [3.63, 3.8) is 0 Å². The molecule has 2 aromatic carbocycles. The van der Waals surface area contributed by atoms with Crippen LogP contribution in [-0.4, -0.2) is 21.6 Å². The maximum absolute atomic E-state index is 12.6. The minimum Gasteiger partial charge on any atom is -0.348 e. The molecule has 4 aromatic rings. The molecular formula is C23H21N5O2. The van der Waals surface area contributed by atoms with Crippen molar-refractivity contribution in [2.45, 2.75) is 13.1 Å². The summed E-state index contributed by atoms with van der Waals surface area (Å²) in [4.78, 5) is 24.7. The lowest BCUT2D eigenvalue weighted by Crippen LogP contribution is -2.28. The zero-order valence-electron chi connectivity index (χ0n) is 16.2. The fraction of sp³-hybridized carbons (Fsp3) is 0.0870. The van der Waals surface area contributed by atoms with Gasteiger partial charge in [0.05, 0.1) is 17.3 Å². The fourth-order valence-electron chi connectivity index (χ4n) is 3.06. The Balaban J connectivity index is 1.40. The van der Waals surface area contributed by atoms with E-state index in [2.05, 4.69) is 21.0 Å². The van der Waals surface area contributed by atoms with E-state index in [1.165, 1.54) is 0 Å². The highest BCUT2D eigenvalue weighted by Gasteiger charge is 2.13. The molecule has 0 saturated heterocycles. The first-order valence-corrected chi connectivity index (χ1v) is 9.57. The molecule has 0 unspecified atom stereocenters. The van der Waals surface area contributed by atoms with Gasteiger partial charge in [-0.05, 0) is 35.4 Å². The van der Waals surface area contributed by atoms with Crippen molar-refractivity contribution < 1.29 is 9.59 Å². The molecule has 2 heterocycles. The van der Waals surface area contributed by atoms with E-state index in [1.807, 2.05) is 72.8 Å². The number of hydrogen-bond donors (Lipinski definition) is 3. The van der Waals surface area contributed by atoms with Gasteiger partial charge in [0, 0.05) is 25.0 Å². The van der Waals surface area contributed by atoms with E-state index < -0.39 is 0 Å². The lowest BCUT2D eigenvalue weighted by Gasteiger charge is -2.08. The molecule has 30 heavy (non-hydrogen) atoms. The molecule has 7 nitrogen and oxygen atoms in total. The van der Waals surface area contributed by atoms with Crippen LogP contribution in [0.3, 0.4) is 0 Å². The van der Waals surface area contributed by atoms with Gasteiger partial charge < -0.3 is 16.0 Å². The topological polar surface area (TPSA) is 87.5 Å². The number of urea groups is 1. The number of hydrogen-bond acceptors (Lipinski definition) is 3. The van der Waals surface area contributed by atoms with Crippen LogP contribution < -0.4 is 16.0 Å². The maximum Gasteiger partial charge on any atom is 0.319 e. The van der Waals surface area contributed by atoms with Gasteiger partial charge in [-0.1, -0.05) is 48.5 Å². The van der Waals surface area contributed by atoms with Crippen molar-refractivity contribution in [1.29, 1.82) is 0 Å². The minimum absolute atomic E-state index is 0.194. The highest BCUT2D eigenvalue weighted by atomic mass is 16.2. The van der Waals surface area contributed by atoms with E-state index in [4.69, 9.17) is 0 Å². The summed E-state index contributed by atoms with van der Waals surface area (Å²) >= 11 is 0. The molecule has 0 aliphatic rings. The number of aromatic nitrogens is 2. The van der Waals surface area contributed by atoms with Crippen LogP contribution in [0.25, 0.3) is 5.52 Å². The second-order valence-electron chi connectivity index (χ2n) is 6.77. The Kier molecular flexibility index (Phi) is 5.70. The van der Waals surface area contributed by atoms with Crippen LogP contribution in [0.2, 0.25) is 0 Å². The number of pyridine rings is 1. The second-order valence-corrected chi connectivity index (χ2v) is 6.77. The van der Waals surface area contributed by atoms with E-state index in [1.54, 1.807) is 16.9 Å². The van der Waals surface area contributed by atoms with Crippen molar-refractivity contribution in [3.05, 3.63) is 102 Å². The fourth-order valence-corrected chi connectivity index (χ4v) is 3.06. The maximum atomic E-state index is 12.6. The average Bonchev–Trinajstić information content (AvgIpc) is 3.21. The van der Waals surface area contributed by atoms with Crippen LogP contribution in [0.1, 0.15) is 21.5 Å². The number of carbonyl (C=O) groups is 2. The predicted octanol–water partition coefficient (Wildman–Crippen LogP) is 3.59. The van der Waals surface area contributed by atoms with Crippen LogP contribution in [-0.2, 0) is 13.1 Å². The van der Waals surface area contributed by atoms with E-state index in [0.717, 1.165) is 16.8 Å². The summed E-state index contributed by atoms with van der Waals surface area (Å²) in [6.07, 6.45) is 3.32. The first-order chi connectivity index (χ1) is 14.7. The number of carbonyl (C=O) groups excluding carboxylic acids is 2. The minimum atomic E-state index is -0.296. The smallest absolute Gasteiger partial charge is 0.319 e. The van der Waals surface area contributed by atoms with Crippen molar-refractivity contribution in [2.75, 3.05) is 5.32 Å². The first-order valence-electron chi connectivity index (χ1n) is 9.57. The molecular weight excluding hydrogens is 378 g/mol. The SMILES string of the molecule is O=C(NCc1ccn2ncc(C(=O)NCc3ccccc3)c2c1)Nc1ccccc1. The third-order valence-electron chi connectivity index (χ3n) is 4.61. The van der Waals surface area contributed by atoms with Gasteiger partial charge in [0.25, 0.3) is 5.91 Å². The third kappa shape index (κ3) is 4.64. The Labute approximate surface area is 173 Å². The molecule has 150 valence electrons. The highest BCUT2D eigenvalue weighted by Crippen LogP contribution is 2.13. The molecule has 4 rings (SSSR count). The summed E-state index contributed by atoms with van der Waals surface area (Å²) in [5.41, 5.74) is 3.78. The quantitative estimate of drug-likeness (QED) is 0.463. The van der Waals surface area contributed by atoms with Crippen LogP contribution in [0, 0.1) is 0 Å². The Morgan fingerprint density at radius 2 is 1.53 bits per heavy atom. The Morgan fingerprint density at radius 3 is 2.30 bits per heavy atom. The number of amides is 3. The molecule has 0 fully saturated rings. The molecule has 0 aliphatic carbocycles. The number of nitrogens with one attached hydrogen (secondary N) is 3. The zero-order valence-corrected chi connectivity index (χ0v) is 16.2. The summed E-state index contributed by atoms with van der Waals surface area (Å²) in [5.74, 6) is -0.194. The van der Waals surface area contributed by atoms with Gasteiger partial charge >= 0.3 is 6.03 Å². The molecule has 7 heteroatoms. The van der Waals surface area contributed by atoms with Crippen LogP contribution in [0.4, 0.5) is 10.5 Å². The highest BCUT2D eigenvalue weighted by molar-refractivity contribution is 6.00. The largest absolute Gasteiger partial charge is 0.348 e. The second kappa shape index (κ2) is 8.91. The molecule has 0 radical (unpaired) electrons. The summed E-state index contributed by atoms with van der Waals surface area (Å²) in [6.45, 7) is 0.767. The zero-order chi connectivity index (χ0) is 20.8. The molecule has 3 amide bonds. The van der Waals surface area contributed by atoms with Gasteiger partial charge in [-0.25, -0.2) is 9.31 Å². The Hall–Kier alpha value is -4.13. The van der Waals surface area contributed by atoms with Gasteiger partial charge in [-0.3, -0.25) is 4.79 Å². The number of benzene rings is 2. The number of fused-ring (bicyclic) bond motifs is 1. The van der Waals surface area contributed by atoms with E-state index >= 15 is 0 Å². The summed E-state index contributed by atoms with van der Waals surface area (Å²) in [6, 6.07) is 22.4. The van der Waals surface area contributed by atoms with Gasteiger partial charge in [0.2, 0.25) is 0 Å². The van der Waals surface area contributed by atoms with Crippen LogP contribution in [0.5, 0.6) is 0 Å². The van der Waals surface area contributed by atoms with E-state index in [9.17, 15) is 9.59 Å². The Morgan fingerprint density at radius 1 is 0.833 bits per heavy atom. The summed E-state index contributed by atoms with van der Waals surface area (Å²) in [7, 11) is 0. The van der Waals surface area contributed by atoms with Crippen molar-refractivity contribution >= 4 is 23.1 Å². The van der Waals surface area contributed by atoms with Crippen LogP contribution in [0.15, 0.2) is 85.2 Å². The summed E-state index contributed by atoms with van der Waals surface area (Å²) < 4.78 is 1.64. The monoisotopic (exact) mass is 399 g/mol. The molecule has 0 spiro atoms. The van der Waals surface area contributed by atoms with Gasteiger partial charge in [0.1, 0.15) is 0 Å². The number of anilines is 1. The average molecular weight is 399 g/mol. The van der Waals surface area contributed by atoms with E-state index in [0.29, 0.717) is 24.2 Å². The standard InChI is InChI=1S/C23H21N5O2/c29-22(24-14-17-7-3-1-4-8-17)20-16-26-28-12-11-18(13-21(20)28)15-25-23(30)27-19-9-5-2-6-10-19/h1-13,16H,14-15H2,(H,24,29)(H2,25,27,30). The number of rotatable bonds is 6. The molecule has 2 aromatic heterocycles. The van der Waals surface area contributed by atoms with Crippen LogP contribution >= 0.6 is 0 Å². The molecule has 0 atom stereocenters. The molecule has 0 bridgehead atoms. The molecule has 3 N–H and O–H groups in total. The molecule has 0 aliphatic heterocycles. The third-order valence-corrected chi connectivity index (χ3v) is 4.61. The lowest BCUT2D eigenvalue weighted by molar-refractivity contribution is 0.0952. The predicted molar refractivity (Wildman–Crippen MR) is 115 cm³/mol. The normalized spacial score (nSPS) is 10.5. The van der Waals surface area contributed by atoms with Gasteiger partial charge in [-0.2, -0.15) is 5.10 Å². The van der Waals surface area contributed by atoms with Crippen molar-refractivity contribution in [1.82, 2.24) is 20.2 Å². The molecule has 0 saturated carbocycles. The van der Waals surface area contributed by atoms with Gasteiger partial charge in [-0.15, -0.1) is 0 Å². The number of para-hydroxylation sites is 1. The van der Waals surface area contributed by atoms with Gasteiger partial charge in [0.15, 0.2) is 0 Å². The van der Waals surface area contributed by atoms with Crippen molar-refractivity contribution in [2.24, 2.45) is 0 Å². The summed E-state index contributed by atoms with van der Waals surface area (Å²) in [5, 5.41) is 12.8. The first kappa shape index (κ1) is 19.2. The van der Waals surface area contributed by atoms with E-state index in [-0.39, 0.29) is 11.9 Å². The Bertz CT molecular complexity index is 1160. The number of nitrogens with zero attached hydrogens (tertiary/aromatic N) is 2. The lowest BCUT2D eigenvalue weighted by atomic mass is 10.2.